The van der Waals surface area contributed by atoms with Crippen LogP contribution in [0.3, 0.4) is 0 Å². The van der Waals surface area contributed by atoms with Gasteiger partial charge in [-0.3, -0.25) is 0 Å². The number of rotatable bonds is 5. The van der Waals surface area contributed by atoms with Crippen molar-refractivity contribution in [2.75, 3.05) is 11.9 Å². The summed E-state index contributed by atoms with van der Waals surface area (Å²) in [7, 11) is 0. The highest BCUT2D eigenvalue weighted by molar-refractivity contribution is 5.16. The van der Waals surface area contributed by atoms with Crippen molar-refractivity contribution in [3.63, 3.8) is 0 Å². The molecule has 0 saturated heterocycles. The molecular weight excluding hydrogens is 213 g/mol. The molecular formula is C7H11F3N4O. The zero-order valence-electron chi connectivity index (χ0n) is 7.84. The highest BCUT2D eigenvalue weighted by Gasteiger charge is 2.25. The van der Waals surface area contributed by atoms with Gasteiger partial charge in [-0.05, 0) is 6.42 Å². The van der Waals surface area contributed by atoms with Crippen molar-refractivity contribution in [2.24, 2.45) is 5.73 Å². The molecule has 0 atom stereocenters. The van der Waals surface area contributed by atoms with Crippen molar-refractivity contribution in [1.29, 1.82) is 0 Å². The lowest BCUT2D eigenvalue weighted by atomic mass is 10.3. The fourth-order valence-electron chi connectivity index (χ4n) is 0.892. The van der Waals surface area contributed by atoms with Gasteiger partial charge in [0.1, 0.15) is 0 Å². The molecule has 1 heterocycles. The van der Waals surface area contributed by atoms with Crippen LogP contribution in [0.2, 0.25) is 0 Å². The maximum atomic E-state index is 11.7. The summed E-state index contributed by atoms with van der Waals surface area (Å²) in [5, 5.41) is 9.64. The number of hydrogen-bond acceptors (Lipinski definition) is 5. The second kappa shape index (κ2) is 4.96. The second-order valence-corrected chi connectivity index (χ2v) is 2.85. The molecule has 1 aromatic rings. The van der Waals surface area contributed by atoms with Gasteiger partial charge in [-0.2, -0.15) is 13.2 Å². The summed E-state index contributed by atoms with van der Waals surface area (Å²) in [4.78, 5) is 0. The Morgan fingerprint density at radius 1 is 1.33 bits per heavy atom. The largest absolute Gasteiger partial charge is 0.407 e. The molecule has 1 rings (SSSR count). The molecule has 0 aliphatic heterocycles. The zero-order valence-corrected chi connectivity index (χ0v) is 7.84. The molecule has 0 aliphatic carbocycles. The van der Waals surface area contributed by atoms with Gasteiger partial charge in [0.2, 0.25) is 5.89 Å². The molecule has 8 heteroatoms. The van der Waals surface area contributed by atoms with E-state index >= 15 is 0 Å². The smallest absolute Gasteiger partial charge is 0.389 e. The summed E-state index contributed by atoms with van der Waals surface area (Å²) in [5.74, 6) is 0.244. The Bertz CT molecular complexity index is 299. The first kappa shape index (κ1) is 11.8. The minimum absolute atomic E-state index is 0.0379. The molecule has 86 valence electrons. The average molecular weight is 224 g/mol. The molecule has 0 saturated carbocycles. The quantitative estimate of drug-likeness (QED) is 0.737. The molecule has 0 bridgehead atoms. The second-order valence-electron chi connectivity index (χ2n) is 2.85. The van der Waals surface area contributed by atoms with Crippen LogP contribution in [0.5, 0.6) is 0 Å². The monoisotopic (exact) mass is 224 g/mol. The molecule has 15 heavy (non-hydrogen) atoms. The van der Waals surface area contributed by atoms with Gasteiger partial charge in [-0.25, -0.2) is 0 Å². The van der Waals surface area contributed by atoms with E-state index in [2.05, 4.69) is 15.5 Å². The van der Waals surface area contributed by atoms with E-state index in [-0.39, 0.29) is 31.4 Å². The van der Waals surface area contributed by atoms with Gasteiger partial charge in [-0.15, -0.1) is 5.10 Å². The maximum Gasteiger partial charge on any atom is 0.389 e. The summed E-state index contributed by atoms with van der Waals surface area (Å²) in [6.07, 6.45) is -5.00. The van der Waals surface area contributed by atoms with Crippen LogP contribution in [0.25, 0.3) is 0 Å². The first-order valence-corrected chi connectivity index (χ1v) is 4.34. The van der Waals surface area contributed by atoms with E-state index < -0.39 is 12.6 Å². The fraction of sp³-hybridized carbons (Fsp3) is 0.714. The normalized spacial score (nSPS) is 11.7. The number of halogens is 3. The fourth-order valence-corrected chi connectivity index (χ4v) is 0.892. The van der Waals surface area contributed by atoms with E-state index in [1.807, 2.05) is 0 Å². The third-order valence-electron chi connectivity index (χ3n) is 1.55. The lowest BCUT2D eigenvalue weighted by Crippen LogP contribution is -2.11. The van der Waals surface area contributed by atoms with E-state index in [0.717, 1.165) is 0 Å². The molecule has 0 unspecified atom stereocenters. The third-order valence-corrected chi connectivity index (χ3v) is 1.55. The van der Waals surface area contributed by atoms with Crippen LogP contribution in [-0.2, 0) is 6.54 Å². The van der Waals surface area contributed by atoms with Crippen LogP contribution in [0.1, 0.15) is 18.7 Å². The number of alkyl halides is 3. The summed E-state index contributed by atoms with van der Waals surface area (Å²) in [6, 6.07) is 0.0950. The van der Waals surface area contributed by atoms with Gasteiger partial charge in [0.25, 0.3) is 0 Å². The van der Waals surface area contributed by atoms with Crippen molar-refractivity contribution in [3.8, 4) is 0 Å². The summed E-state index contributed by atoms with van der Waals surface area (Å²) in [6.45, 7) is 0.239. The van der Waals surface area contributed by atoms with Crippen molar-refractivity contribution in [3.05, 3.63) is 5.89 Å². The number of nitrogens with zero attached hydrogens (tertiary/aromatic N) is 2. The minimum atomic E-state index is -4.13. The predicted molar refractivity (Wildman–Crippen MR) is 46.0 cm³/mol. The Morgan fingerprint density at radius 3 is 2.60 bits per heavy atom. The van der Waals surface area contributed by atoms with Crippen molar-refractivity contribution in [2.45, 2.75) is 25.6 Å². The molecule has 0 amide bonds. The van der Waals surface area contributed by atoms with Crippen LogP contribution >= 0.6 is 0 Å². The van der Waals surface area contributed by atoms with Crippen LogP contribution in [0.4, 0.5) is 19.2 Å². The lowest BCUT2D eigenvalue weighted by Gasteiger charge is -2.05. The van der Waals surface area contributed by atoms with E-state index in [4.69, 9.17) is 10.2 Å². The summed E-state index contributed by atoms with van der Waals surface area (Å²) >= 11 is 0. The SMILES string of the molecule is NCc1nnc(NCCCC(F)(F)F)o1. The van der Waals surface area contributed by atoms with E-state index in [1.54, 1.807) is 0 Å². The van der Waals surface area contributed by atoms with Crippen LogP contribution in [0.15, 0.2) is 4.42 Å². The highest BCUT2D eigenvalue weighted by atomic mass is 19.4. The molecule has 5 nitrogen and oxygen atoms in total. The Hall–Kier alpha value is -1.31. The van der Waals surface area contributed by atoms with Crippen molar-refractivity contribution in [1.82, 2.24) is 10.2 Å². The third kappa shape index (κ3) is 4.63. The van der Waals surface area contributed by atoms with Crippen molar-refractivity contribution >= 4 is 6.01 Å². The number of aromatic nitrogens is 2. The van der Waals surface area contributed by atoms with E-state index in [0.29, 0.717) is 0 Å². The standard InChI is InChI=1S/C7H11F3N4O/c8-7(9,10)2-1-3-12-6-14-13-5(4-11)15-6/h1-4,11H2,(H,12,14). The van der Waals surface area contributed by atoms with Gasteiger partial charge < -0.3 is 15.5 Å². The first-order valence-electron chi connectivity index (χ1n) is 4.34. The predicted octanol–water partition coefficient (Wildman–Crippen LogP) is 1.28. The Labute approximate surface area is 83.8 Å². The average Bonchev–Trinajstić information content (AvgIpc) is 2.59. The number of anilines is 1. The Kier molecular flexibility index (Phi) is 3.89. The first-order chi connectivity index (χ1) is 7.01. The zero-order chi connectivity index (χ0) is 11.3. The number of nitrogens with one attached hydrogen (secondary N) is 1. The van der Waals surface area contributed by atoms with Gasteiger partial charge in [0.05, 0.1) is 6.54 Å². The van der Waals surface area contributed by atoms with Gasteiger partial charge in [-0.1, -0.05) is 5.10 Å². The Balaban J connectivity index is 2.20. The van der Waals surface area contributed by atoms with Crippen LogP contribution in [-0.4, -0.2) is 22.9 Å². The van der Waals surface area contributed by atoms with Gasteiger partial charge >= 0.3 is 12.2 Å². The summed E-state index contributed by atoms with van der Waals surface area (Å²) < 4.78 is 40.2. The molecule has 0 fully saturated rings. The highest BCUT2D eigenvalue weighted by Crippen LogP contribution is 2.21. The molecule has 3 N–H and O–H groups in total. The number of nitrogens with two attached hydrogens (primary N) is 1. The molecule has 0 radical (unpaired) electrons. The topological polar surface area (TPSA) is 77.0 Å². The Morgan fingerprint density at radius 2 is 2.07 bits per heavy atom. The lowest BCUT2D eigenvalue weighted by molar-refractivity contribution is -0.134. The molecule has 0 spiro atoms. The minimum Gasteiger partial charge on any atom is -0.407 e. The molecule has 1 aromatic heterocycles. The number of hydrogen-bond donors (Lipinski definition) is 2. The van der Waals surface area contributed by atoms with Gasteiger partial charge in [0, 0.05) is 13.0 Å². The van der Waals surface area contributed by atoms with E-state index in [9.17, 15) is 13.2 Å². The molecule has 0 aromatic carbocycles. The van der Waals surface area contributed by atoms with Gasteiger partial charge in [0.15, 0.2) is 0 Å². The van der Waals surface area contributed by atoms with Crippen LogP contribution in [0, 0.1) is 0 Å². The maximum absolute atomic E-state index is 11.7. The van der Waals surface area contributed by atoms with Crippen LogP contribution < -0.4 is 11.1 Å². The molecule has 0 aliphatic rings. The summed E-state index contributed by atoms with van der Waals surface area (Å²) in [5.41, 5.74) is 5.20. The van der Waals surface area contributed by atoms with E-state index in [1.165, 1.54) is 0 Å². The van der Waals surface area contributed by atoms with Crippen molar-refractivity contribution < 1.29 is 17.6 Å².